The van der Waals surface area contributed by atoms with Crippen LogP contribution in [0.3, 0.4) is 0 Å². The second-order valence-electron chi connectivity index (χ2n) is 6.39. The van der Waals surface area contributed by atoms with Crippen LogP contribution in [0.5, 0.6) is 0 Å². The van der Waals surface area contributed by atoms with Crippen molar-refractivity contribution in [1.29, 1.82) is 0 Å². The fourth-order valence-corrected chi connectivity index (χ4v) is 3.32. The first-order valence-electron chi connectivity index (χ1n) is 7.08. The van der Waals surface area contributed by atoms with Gasteiger partial charge in [0.05, 0.1) is 6.61 Å². The van der Waals surface area contributed by atoms with Crippen LogP contribution in [-0.4, -0.2) is 12.6 Å². The minimum atomic E-state index is -0.181. The maximum Gasteiger partial charge on any atom is 0.302 e. The van der Waals surface area contributed by atoms with Crippen LogP contribution in [0.15, 0.2) is 24.3 Å². The third-order valence-electron chi connectivity index (χ3n) is 5.02. The van der Waals surface area contributed by atoms with E-state index in [4.69, 9.17) is 4.74 Å². The van der Waals surface area contributed by atoms with Crippen molar-refractivity contribution < 1.29 is 9.53 Å². The van der Waals surface area contributed by atoms with Gasteiger partial charge in [0.1, 0.15) is 0 Å². The maximum atomic E-state index is 11.1. The fourth-order valence-electron chi connectivity index (χ4n) is 3.32. The topological polar surface area (TPSA) is 26.3 Å². The van der Waals surface area contributed by atoms with Crippen LogP contribution in [0, 0.1) is 12.3 Å². The van der Waals surface area contributed by atoms with Gasteiger partial charge >= 0.3 is 5.97 Å². The largest absolute Gasteiger partial charge is 0.465 e. The van der Waals surface area contributed by atoms with Crippen molar-refractivity contribution in [3.63, 3.8) is 0 Å². The number of carbonyl (C=O) groups is 1. The predicted octanol–water partition coefficient (Wildman–Crippen LogP) is 4.01. The zero-order valence-electron chi connectivity index (χ0n) is 12.5. The van der Waals surface area contributed by atoms with E-state index < -0.39 is 0 Å². The Bertz CT molecular complexity index is 463. The Morgan fingerprint density at radius 2 is 1.84 bits per heavy atom. The molecule has 1 aliphatic carbocycles. The molecule has 1 fully saturated rings. The second-order valence-corrected chi connectivity index (χ2v) is 6.39. The average Bonchev–Trinajstić information content (AvgIpc) is 2.66. The van der Waals surface area contributed by atoms with E-state index in [1.54, 1.807) is 0 Å². The number of benzene rings is 1. The van der Waals surface area contributed by atoms with Crippen molar-refractivity contribution in [1.82, 2.24) is 0 Å². The van der Waals surface area contributed by atoms with Crippen LogP contribution in [0.1, 0.15) is 51.2 Å². The van der Waals surface area contributed by atoms with E-state index in [-0.39, 0.29) is 16.8 Å². The SMILES string of the molecule is CC(=O)OC[C@]1(C)CCC[C@]1(C)c1ccc(C)cc1. The van der Waals surface area contributed by atoms with Gasteiger partial charge in [0, 0.05) is 17.8 Å². The molecule has 1 aromatic rings. The summed E-state index contributed by atoms with van der Waals surface area (Å²) in [4.78, 5) is 11.1. The van der Waals surface area contributed by atoms with E-state index in [2.05, 4.69) is 45.0 Å². The van der Waals surface area contributed by atoms with E-state index in [1.807, 2.05) is 0 Å². The zero-order chi connectivity index (χ0) is 14.1. The lowest BCUT2D eigenvalue weighted by atomic mass is 9.64. The zero-order valence-corrected chi connectivity index (χ0v) is 12.5. The van der Waals surface area contributed by atoms with Gasteiger partial charge in [0.2, 0.25) is 0 Å². The quantitative estimate of drug-likeness (QED) is 0.768. The van der Waals surface area contributed by atoms with E-state index in [1.165, 1.54) is 24.5 Å². The normalized spacial score (nSPS) is 30.3. The molecule has 0 bridgehead atoms. The van der Waals surface area contributed by atoms with Crippen molar-refractivity contribution in [2.75, 3.05) is 6.61 Å². The van der Waals surface area contributed by atoms with E-state index in [0.717, 1.165) is 12.8 Å². The molecular formula is C17H24O2. The van der Waals surface area contributed by atoms with Crippen LogP contribution in [0.25, 0.3) is 0 Å². The van der Waals surface area contributed by atoms with Crippen LogP contribution < -0.4 is 0 Å². The summed E-state index contributed by atoms with van der Waals surface area (Å²) in [5.41, 5.74) is 2.78. The van der Waals surface area contributed by atoms with Crippen LogP contribution in [0.4, 0.5) is 0 Å². The van der Waals surface area contributed by atoms with Crippen molar-refractivity contribution >= 4 is 5.97 Å². The molecule has 0 heterocycles. The minimum absolute atomic E-state index is 0.0356. The van der Waals surface area contributed by atoms with Gasteiger partial charge in [-0.2, -0.15) is 0 Å². The Morgan fingerprint density at radius 1 is 1.21 bits per heavy atom. The molecule has 0 aliphatic heterocycles. The first-order valence-corrected chi connectivity index (χ1v) is 7.08. The second kappa shape index (κ2) is 4.99. The number of ether oxygens (including phenoxy) is 1. The molecule has 2 heteroatoms. The van der Waals surface area contributed by atoms with E-state index in [0.29, 0.717) is 6.61 Å². The third-order valence-corrected chi connectivity index (χ3v) is 5.02. The third kappa shape index (κ3) is 2.54. The monoisotopic (exact) mass is 260 g/mol. The van der Waals surface area contributed by atoms with Gasteiger partial charge < -0.3 is 4.74 Å². The number of esters is 1. The van der Waals surface area contributed by atoms with Crippen molar-refractivity contribution in [3.05, 3.63) is 35.4 Å². The van der Waals surface area contributed by atoms with Gasteiger partial charge in [0.25, 0.3) is 0 Å². The highest BCUT2D eigenvalue weighted by atomic mass is 16.5. The number of carbonyl (C=O) groups excluding carboxylic acids is 1. The van der Waals surface area contributed by atoms with Crippen molar-refractivity contribution in [2.24, 2.45) is 5.41 Å². The summed E-state index contributed by atoms with van der Waals surface area (Å²) >= 11 is 0. The number of hydrogen-bond acceptors (Lipinski definition) is 2. The molecule has 2 nitrogen and oxygen atoms in total. The van der Waals surface area contributed by atoms with Gasteiger partial charge in [-0.15, -0.1) is 0 Å². The molecule has 0 spiro atoms. The maximum absolute atomic E-state index is 11.1. The molecule has 0 N–H and O–H groups in total. The van der Waals surface area contributed by atoms with Crippen LogP contribution in [-0.2, 0) is 14.9 Å². The van der Waals surface area contributed by atoms with Gasteiger partial charge in [-0.25, -0.2) is 0 Å². The molecule has 0 aromatic heterocycles. The Labute approximate surface area is 116 Å². The molecule has 2 atom stereocenters. The molecule has 2 rings (SSSR count). The molecule has 1 saturated carbocycles. The highest BCUT2D eigenvalue weighted by molar-refractivity contribution is 5.66. The lowest BCUT2D eigenvalue weighted by Crippen LogP contribution is -2.40. The number of hydrogen-bond donors (Lipinski definition) is 0. The summed E-state index contributed by atoms with van der Waals surface area (Å²) in [5.74, 6) is -0.181. The summed E-state index contributed by atoms with van der Waals surface area (Å²) in [6, 6.07) is 8.80. The number of aryl methyl sites for hydroxylation is 1. The predicted molar refractivity (Wildman–Crippen MR) is 77.1 cm³/mol. The summed E-state index contributed by atoms with van der Waals surface area (Å²) in [6.07, 6.45) is 3.47. The van der Waals surface area contributed by atoms with Gasteiger partial charge in [-0.3, -0.25) is 4.79 Å². The molecular weight excluding hydrogens is 236 g/mol. The standard InChI is InChI=1S/C17H24O2/c1-13-6-8-15(9-7-13)17(4)11-5-10-16(17,3)12-19-14(2)18/h6-9H,5,10-12H2,1-4H3/t16-,17+/m0/s1. The Balaban J connectivity index is 2.29. The lowest BCUT2D eigenvalue weighted by Gasteiger charge is -2.41. The lowest BCUT2D eigenvalue weighted by molar-refractivity contribution is -0.145. The Hall–Kier alpha value is -1.31. The Kier molecular flexibility index (Phi) is 3.71. The molecule has 0 radical (unpaired) electrons. The number of rotatable bonds is 3. The van der Waals surface area contributed by atoms with Gasteiger partial charge in [-0.05, 0) is 25.3 Å². The van der Waals surface area contributed by atoms with Gasteiger partial charge in [0.15, 0.2) is 0 Å². The summed E-state index contributed by atoms with van der Waals surface area (Å²) in [7, 11) is 0. The fraction of sp³-hybridized carbons (Fsp3) is 0.588. The minimum Gasteiger partial charge on any atom is -0.465 e. The van der Waals surface area contributed by atoms with E-state index in [9.17, 15) is 4.79 Å². The molecule has 0 unspecified atom stereocenters. The molecule has 19 heavy (non-hydrogen) atoms. The van der Waals surface area contributed by atoms with Crippen molar-refractivity contribution in [2.45, 2.75) is 52.4 Å². The molecule has 0 amide bonds. The van der Waals surface area contributed by atoms with E-state index >= 15 is 0 Å². The summed E-state index contributed by atoms with van der Waals surface area (Å²) < 4.78 is 5.33. The highest BCUT2D eigenvalue weighted by Crippen LogP contribution is 2.54. The average molecular weight is 260 g/mol. The molecule has 104 valence electrons. The summed E-state index contributed by atoms with van der Waals surface area (Å²) in [6.45, 7) is 8.68. The van der Waals surface area contributed by atoms with Gasteiger partial charge in [-0.1, -0.05) is 50.1 Å². The summed E-state index contributed by atoms with van der Waals surface area (Å²) in [5, 5.41) is 0. The smallest absolute Gasteiger partial charge is 0.302 e. The first kappa shape index (κ1) is 14.1. The first-order chi connectivity index (χ1) is 8.87. The highest BCUT2D eigenvalue weighted by Gasteiger charge is 2.50. The molecule has 0 saturated heterocycles. The van der Waals surface area contributed by atoms with Crippen molar-refractivity contribution in [3.8, 4) is 0 Å². The van der Waals surface area contributed by atoms with Crippen LogP contribution in [0.2, 0.25) is 0 Å². The molecule has 1 aliphatic rings. The van der Waals surface area contributed by atoms with Crippen LogP contribution >= 0.6 is 0 Å². The Morgan fingerprint density at radius 3 is 2.42 bits per heavy atom. The molecule has 1 aromatic carbocycles.